The molecule has 112 valence electrons. The number of rotatable bonds is 3. The third kappa shape index (κ3) is 2.38. The highest BCUT2D eigenvalue weighted by Crippen LogP contribution is 2.28. The molecule has 0 unspecified atom stereocenters. The SMILES string of the molecule is O=c1[nH]c2cccc(/C=C/CN3CCCC3)c2c2ccsc12. The summed E-state index contributed by atoms with van der Waals surface area (Å²) in [5, 5.41) is 4.20. The van der Waals surface area contributed by atoms with Crippen molar-refractivity contribution < 1.29 is 0 Å². The zero-order chi connectivity index (χ0) is 14.9. The molecule has 1 aliphatic heterocycles. The Morgan fingerprint density at radius 1 is 1.23 bits per heavy atom. The molecule has 1 aromatic carbocycles. The summed E-state index contributed by atoms with van der Waals surface area (Å²) in [7, 11) is 0. The number of nitrogens with one attached hydrogen (secondary N) is 1. The van der Waals surface area contributed by atoms with Crippen LogP contribution >= 0.6 is 11.3 Å². The van der Waals surface area contributed by atoms with Gasteiger partial charge in [0, 0.05) is 22.8 Å². The first kappa shape index (κ1) is 13.7. The molecule has 3 heterocycles. The minimum absolute atomic E-state index is 0.00990. The van der Waals surface area contributed by atoms with Gasteiger partial charge in [-0.15, -0.1) is 11.3 Å². The minimum atomic E-state index is 0.00990. The van der Waals surface area contributed by atoms with E-state index in [0.717, 1.165) is 27.5 Å². The number of pyridine rings is 1. The van der Waals surface area contributed by atoms with E-state index in [1.165, 1.54) is 42.8 Å². The maximum atomic E-state index is 12.1. The van der Waals surface area contributed by atoms with Gasteiger partial charge in [0.2, 0.25) is 0 Å². The topological polar surface area (TPSA) is 36.1 Å². The lowest BCUT2D eigenvalue weighted by atomic mass is 10.0. The summed E-state index contributed by atoms with van der Waals surface area (Å²) in [5.74, 6) is 0. The van der Waals surface area contributed by atoms with Crippen molar-refractivity contribution >= 4 is 38.4 Å². The summed E-state index contributed by atoms with van der Waals surface area (Å²) in [6.45, 7) is 3.43. The fourth-order valence-corrected chi connectivity index (χ4v) is 4.06. The van der Waals surface area contributed by atoms with Gasteiger partial charge in [0.05, 0.1) is 0 Å². The monoisotopic (exact) mass is 310 g/mol. The Balaban J connectivity index is 1.78. The van der Waals surface area contributed by atoms with Crippen molar-refractivity contribution in [3.05, 3.63) is 51.6 Å². The molecule has 3 nitrogen and oxygen atoms in total. The summed E-state index contributed by atoms with van der Waals surface area (Å²) < 4.78 is 0.813. The molecule has 0 atom stereocenters. The summed E-state index contributed by atoms with van der Waals surface area (Å²) in [6, 6.07) is 8.16. The van der Waals surface area contributed by atoms with Crippen LogP contribution in [0.1, 0.15) is 18.4 Å². The van der Waals surface area contributed by atoms with Crippen molar-refractivity contribution in [2.75, 3.05) is 19.6 Å². The van der Waals surface area contributed by atoms with Crippen LogP contribution in [0.3, 0.4) is 0 Å². The molecular weight excluding hydrogens is 292 g/mol. The fourth-order valence-electron chi connectivity index (χ4n) is 3.27. The number of thiophene rings is 1. The fraction of sp³-hybridized carbons (Fsp3) is 0.278. The highest BCUT2D eigenvalue weighted by molar-refractivity contribution is 7.17. The normalized spacial score (nSPS) is 16.4. The molecule has 0 amide bonds. The molecule has 1 aliphatic rings. The number of benzene rings is 1. The van der Waals surface area contributed by atoms with Crippen LogP contribution in [0.25, 0.3) is 27.1 Å². The number of H-pyrrole nitrogens is 1. The van der Waals surface area contributed by atoms with Crippen LogP contribution in [-0.2, 0) is 0 Å². The van der Waals surface area contributed by atoms with Crippen LogP contribution in [-0.4, -0.2) is 29.5 Å². The van der Waals surface area contributed by atoms with Crippen LogP contribution in [0.4, 0.5) is 0 Å². The van der Waals surface area contributed by atoms with E-state index in [2.05, 4.69) is 34.2 Å². The smallest absolute Gasteiger partial charge is 0.266 e. The van der Waals surface area contributed by atoms with Crippen molar-refractivity contribution in [2.45, 2.75) is 12.8 Å². The summed E-state index contributed by atoms with van der Waals surface area (Å²) >= 11 is 1.51. The molecule has 3 aromatic rings. The zero-order valence-electron chi connectivity index (χ0n) is 12.3. The molecule has 0 spiro atoms. The van der Waals surface area contributed by atoms with Gasteiger partial charge in [-0.2, -0.15) is 0 Å². The van der Waals surface area contributed by atoms with Gasteiger partial charge in [0.25, 0.3) is 5.56 Å². The van der Waals surface area contributed by atoms with Crippen molar-refractivity contribution in [1.82, 2.24) is 9.88 Å². The second-order valence-corrected chi connectivity index (χ2v) is 6.71. The van der Waals surface area contributed by atoms with E-state index in [4.69, 9.17) is 0 Å². The van der Waals surface area contributed by atoms with Crippen molar-refractivity contribution in [2.24, 2.45) is 0 Å². The van der Waals surface area contributed by atoms with E-state index >= 15 is 0 Å². The molecule has 22 heavy (non-hydrogen) atoms. The van der Waals surface area contributed by atoms with Gasteiger partial charge >= 0.3 is 0 Å². The maximum Gasteiger partial charge on any atom is 0.266 e. The highest BCUT2D eigenvalue weighted by Gasteiger charge is 2.10. The molecule has 1 N–H and O–H groups in total. The summed E-state index contributed by atoms with van der Waals surface area (Å²) in [4.78, 5) is 17.6. The molecule has 1 saturated heterocycles. The van der Waals surface area contributed by atoms with Crippen molar-refractivity contribution in [1.29, 1.82) is 0 Å². The molecule has 0 radical (unpaired) electrons. The first-order valence-electron chi connectivity index (χ1n) is 7.74. The van der Waals surface area contributed by atoms with E-state index in [1.54, 1.807) is 0 Å². The van der Waals surface area contributed by atoms with Crippen molar-refractivity contribution in [3.63, 3.8) is 0 Å². The lowest BCUT2D eigenvalue weighted by molar-refractivity contribution is 0.378. The highest BCUT2D eigenvalue weighted by atomic mass is 32.1. The third-order valence-corrected chi connectivity index (χ3v) is 5.26. The average Bonchev–Trinajstić information content (AvgIpc) is 3.18. The molecule has 4 rings (SSSR count). The summed E-state index contributed by atoms with van der Waals surface area (Å²) in [5.41, 5.74) is 2.10. The number of hydrogen-bond donors (Lipinski definition) is 1. The number of aromatic nitrogens is 1. The van der Waals surface area contributed by atoms with Gasteiger partial charge in [0.1, 0.15) is 4.70 Å². The quantitative estimate of drug-likeness (QED) is 0.797. The molecule has 0 bridgehead atoms. The van der Waals surface area contributed by atoms with Gasteiger partial charge in [0.15, 0.2) is 0 Å². The summed E-state index contributed by atoms with van der Waals surface area (Å²) in [6.07, 6.45) is 7.07. The van der Waals surface area contributed by atoms with Gasteiger partial charge < -0.3 is 4.98 Å². The van der Waals surface area contributed by atoms with Crippen molar-refractivity contribution in [3.8, 4) is 0 Å². The van der Waals surface area contributed by atoms with Gasteiger partial charge in [-0.1, -0.05) is 24.3 Å². The van der Waals surface area contributed by atoms with Crippen LogP contribution in [0.15, 0.2) is 40.5 Å². The standard InChI is InChI=1S/C18H18N2OS/c21-18-17-14(8-12-22-17)16-13(5-3-7-15(16)19-18)6-4-11-20-9-1-2-10-20/h3-8,12H,1-2,9-11H2,(H,19,21)/b6-4+. The molecule has 1 fully saturated rings. The predicted molar refractivity (Wildman–Crippen MR) is 94.7 cm³/mol. The Kier molecular flexibility index (Phi) is 3.56. The van der Waals surface area contributed by atoms with E-state index in [1.807, 2.05) is 17.5 Å². The average molecular weight is 310 g/mol. The van der Waals surface area contributed by atoms with Crippen LogP contribution in [0, 0.1) is 0 Å². The van der Waals surface area contributed by atoms with E-state index < -0.39 is 0 Å². The molecule has 0 aliphatic carbocycles. The Morgan fingerprint density at radius 2 is 2.09 bits per heavy atom. The Labute approximate surface area is 132 Å². The first-order valence-corrected chi connectivity index (χ1v) is 8.62. The maximum absolute atomic E-state index is 12.1. The van der Waals surface area contributed by atoms with Crippen LogP contribution in [0.5, 0.6) is 0 Å². The first-order chi connectivity index (χ1) is 10.8. The Morgan fingerprint density at radius 3 is 2.95 bits per heavy atom. The van der Waals surface area contributed by atoms with E-state index in [-0.39, 0.29) is 5.56 Å². The van der Waals surface area contributed by atoms with Crippen LogP contribution in [0.2, 0.25) is 0 Å². The third-order valence-electron chi connectivity index (χ3n) is 4.35. The molecular formula is C18H18N2OS. The number of hydrogen-bond acceptors (Lipinski definition) is 3. The molecule has 4 heteroatoms. The lowest BCUT2D eigenvalue weighted by Crippen LogP contribution is -2.18. The Hall–Kier alpha value is -1.91. The number of fused-ring (bicyclic) bond motifs is 3. The lowest BCUT2D eigenvalue weighted by Gasteiger charge is -2.10. The number of aromatic amines is 1. The van der Waals surface area contributed by atoms with Gasteiger partial charge in [-0.3, -0.25) is 9.69 Å². The molecule has 2 aromatic heterocycles. The van der Waals surface area contributed by atoms with Gasteiger partial charge in [-0.25, -0.2) is 0 Å². The largest absolute Gasteiger partial charge is 0.321 e. The van der Waals surface area contributed by atoms with Crippen LogP contribution < -0.4 is 5.56 Å². The Bertz CT molecular complexity index is 900. The number of nitrogens with zero attached hydrogens (tertiary/aromatic N) is 1. The van der Waals surface area contributed by atoms with E-state index in [0.29, 0.717) is 0 Å². The second kappa shape index (κ2) is 5.71. The second-order valence-electron chi connectivity index (χ2n) is 5.80. The molecule has 0 saturated carbocycles. The van der Waals surface area contributed by atoms with E-state index in [9.17, 15) is 4.79 Å². The predicted octanol–water partition coefficient (Wildman–Crippen LogP) is 3.85. The van der Waals surface area contributed by atoms with Gasteiger partial charge in [-0.05, 0) is 49.0 Å². The zero-order valence-corrected chi connectivity index (χ0v) is 13.2. The minimum Gasteiger partial charge on any atom is -0.321 e. The number of likely N-dealkylation sites (tertiary alicyclic amines) is 1.